The van der Waals surface area contributed by atoms with E-state index >= 15 is 0 Å². The number of rotatable bonds is 5. The summed E-state index contributed by atoms with van der Waals surface area (Å²) < 4.78 is 0. The Morgan fingerprint density at radius 2 is 1.79 bits per heavy atom. The third kappa shape index (κ3) is 4.38. The largest absolute Gasteiger partial charge is 0.382 e. The Hall–Kier alpha value is -2.34. The van der Waals surface area contributed by atoms with Crippen molar-refractivity contribution in [3.8, 4) is 0 Å². The van der Waals surface area contributed by atoms with Crippen LogP contribution in [-0.4, -0.2) is 23.0 Å². The number of fused-ring (bicyclic) bond motifs is 1. The molecule has 3 rings (SSSR count). The number of amides is 1. The highest BCUT2D eigenvalue weighted by Crippen LogP contribution is 2.31. The predicted octanol–water partition coefficient (Wildman–Crippen LogP) is 5.25. The van der Waals surface area contributed by atoms with Gasteiger partial charge in [-0.3, -0.25) is 9.78 Å². The lowest BCUT2D eigenvalue weighted by Crippen LogP contribution is -2.39. The van der Waals surface area contributed by atoms with Gasteiger partial charge in [0, 0.05) is 29.4 Å². The van der Waals surface area contributed by atoms with Crippen LogP contribution >= 0.6 is 23.2 Å². The molecule has 146 valence electrons. The minimum Gasteiger partial charge on any atom is -0.382 e. The summed E-state index contributed by atoms with van der Waals surface area (Å²) in [6, 6.07) is 10.6. The van der Waals surface area contributed by atoms with Crippen LogP contribution in [0, 0.1) is 6.92 Å². The molecule has 1 amide bonds. The molecule has 0 radical (unpaired) electrons. The molecule has 0 unspecified atom stereocenters. The highest BCUT2D eigenvalue weighted by molar-refractivity contribution is 6.40. The average Bonchev–Trinajstić information content (AvgIpc) is 2.60. The molecule has 0 aliphatic rings. The summed E-state index contributed by atoms with van der Waals surface area (Å²) in [5.74, 6) is -0.386. The van der Waals surface area contributed by atoms with Crippen molar-refractivity contribution in [1.29, 1.82) is 0 Å². The van der Waals surface area contributed by atoms with E-state index in [0.29, 0.717) is 27.8 Å². The number of nitrogens with zero attached hydrogens (tertiary/aromatic N) is 1. The van der Waals surface area contributed by atoms with Crippen LogP contribution in [-0.2, 0) is 0 Å². The fourth-order valence-electron chi connectivity index (χ4n) is 2.87. The van der Waals surface area contributed by atoms with Crippen molar-refractivity contribution in [3.63, 3.8) is 0 Å². The van der Waals surface area contributed by atoms with E-state index in [1.165, 1.54) is 0 Å². The lowest BCUT2D eigenvalue weighted by molar-refractivity contribution is 0.102. The van der Waals surface area contributed by atoms with Crippen molar-refractivity contribution < 1.29 is 4.79 Å². The molecule has 0 aliphatic carbocycles. The van der Waals surface area contributed by atoms with E-state index < -0.39 is 0 Å². The first kappa shape index (κ1) is 20.4. The molecule has 28 heavy (non-hydrogen) atoms. The van der Waals surface area contributed by atoms with Crippen molar-refractivity contribution in [2.45, 2.75) is 26.3 Å². The second-order valence-corrected chi connectivity index (χ2v) is 8.23. The molecule has 1 heterocycles. The first-order valence-corrected chi connectivity index (χ1v) is 9.59. The van der Waals surface area contributed by atoms with Gasteiger partial charge in [-0.05, 0) is 44.5 Å². The van der Waals surface area contributed by atoms with Gasteiger partial charge in [-0.25, -0.2) is 0 Å². The number of hydrogen-bond donors (Lipinski definition) is 3. The summed E-state index contributed by atoms with van der Waals surface area (Å²) in [5, 5.41) is 7.77. The number of aryl methyl sites for hydroxylation is 1. The van der Waals surface area contributed by atoms with Crippen molar-refractivity contribution in [2.24, 2.45) is 5.73 Å². The second-order valence-electron chi connectivity index (χ2n) is 7.41. The van der Waals surface area contributed by atoms with E-state index in [4.69, 9.17) is 28.9 Å². The number of aromatic nitrogens is 1. The smallest absolute Gasteiger partial charge is 0.258 e. The molecule has 0 aliphatic heterocycles. The van der Waals surface area contributed by atoms with Crippen molar-refractivity contribution >= 4 is 51.4 Å². The van der Waals surface area contributed by atoms with E-state index in [0.717, 1.165) is 16.6 Å². The Bertz CT molecular complexity index is 1020. The maximum atomic E-state index is 12.8. The SMILES string of the molecule is Cc1cnc2c(NC(=O)c3c(Cl)cccc3Cl)cccc2c1NCC(C)(C)N. The molecule has 4 N–H and O–H groups in total. The van der Waals surface area contributed by atoms with Crippen LogP contribution in [0.5, 0.6) is 0 Å². The fourth-order valence-corrected chi connectivity index (χ4v) is 3.44. The fraction of sp³-hybridized carbons (Fsp3) is 0.238. The molecule has 1 aromatic heterocycles. The number of para-hydroxylation sites is 1. The minimum absolute atomic E-state index is 0.234. The molecule has 0 spiro atoms. The Morgan fingerprint density at radius 1 is 1.14 bits per heavy atom. The van der Waals surface area contributed by atoms with Gasteiger partial charge in [0.2, 0.25) is 0 Å². The van der Waals surface area contributed by atoms with Crippen LogP contribution in [0.1, 0.15) is 29.8 Å². The Balaban J connectivity index is 2.00. The van der Waals surface area contributed by atoms with E-state index in [-0.39, 0.29) is 17.0 Å². The van der Waals surface area contributed by atoms with E-state index in [9.17, 15) is 4.79 Å². The van der Waals surface area contributed by atoms with Crippen molar-refractivity contribution in [2.75, 3.05) is 17.2 Å². The molecule has 0 saturated carbocycles. The van der Waals surface area contributed by atoms with E-state index in [1.54, 1.807) is 30.5 Å². The zero-order valence-corrected chi connectivity index (χ0v) is 17.4. The molecule has 0 bridgehead atoms. The highest BCUT2D eigenvalue weighted by atomic mass is 35.5. The summed E-state index contributed by atoms with van der Waals surface area (Å²) >= 11 is 12.3. The van der Waals surface area contributed by atoms with Crippen LogP contribution in [0.2, 0.25) is 10.0 Å². The maximum Gasteiger partial charge on any atom is 0.258 e. The first-order valence-electron chi connectivity index (χ1n) is 8.84. The normalized spacial score (nSPS) is 11.5. The van der Waals surface area contributed by atoms with E-state index in [2.05, 4.69) is 15.6 Å². The van der Waals surface area contributed by atoms with E-state index in [1.807, 2.05) is 32.9 Å². The second kappa shape index (κ2) is 7.95. The Labute approximate surface area is 174 Å². The number of nitrogens with two attached hydrogens (primary N) is 1. The molecule has 7 heteroatoms. The van der Waals surface area contributed by atoms with Crippen LogP contribution in [0.25, 0.3) is 10.9 Å². The topological polar surface area (TPSA) is 80.0 Å². The van der Waals surface area contributed by atoms with Gasteiger partial charge < -0.3 is 16.4 Å². The number of halogens is 2. The Kier molecular flexibility index (Phi) is 5.79. The van der Waals surface area contributed by atoms with Gasteiger partial charge >= 0.3 is 0 Å². The number of benzene rings is 2. The summed E-state index contributed by atoms with van der Waals surface area (Å²) in [7, 11) is 0. The van der Waals surface area contributed by atoms with Crippen molar-refractivity contribution in [3.05, 3.63) is 63.8 Å². The van der Waals surface area contributed by atoms with Gasteiger partial charge in [-0.1, -0.05) is 41.4 Å². The molecule has 3 aromatic rings. The third-order valence-corrected chi connectivity index (χ3v) is 4.88. The molecular formula is C21H22Cl2N4O. The zero-order chi connectivity index (χ0) is 20.5. The van der Waals surface area contributed by atoms with Crippen molar-refractivity contribution in [1.82, 2.24) is 4.98 Å². The number of carbonyl (C=O) groups excluding carboxylic acids is 1. The quantitative estimate of drug-likeness (QED) is 0.530. The predicted molar refractivity (Wildman–Crippen MR) is 118 cm³/mol. The lowest BCUT2D eigenvalue weighted by atomic mass is 10.1. The summed E-state index contributed by atoms with van der Waals surface area (Å²) in [4.78, 5) is 17.3. The molecule has 0 fully saturated rings. The minimum atomic E-state index is -0.386. The monoisotopic (exact) mass is 416 g/mol. The van der Waals surface area contributed by atoms with Crippen LogP contribution in [0.3, 0.4) is 0 Å². The lowest BCUT2D eigenvalue weighted by Gasteiger charge is -2.22. The summed E-state index contributed by atoms with van der Waals surface area (Å²) in [6.45, 7) is 6.49. The van der Waals surface area contributed by atoms with Gasteiger partial charge in [0.25, 0.3) is 5.91 Å². The van der Waals surface area contributed by atoms with Crippen LogP contribution in [0.4, 0.5) is 11.4 Å². The zero-order valence-electron chi connectivity index (χ0n) is 15.9. The standard InChI is InChI=1S/C21H22Cl2N4O/c1-12-10-25-19-13(18(12)26-11-21(2,3)24)6-4-9-16(19)27-20(28)17-14(22)7-5-8-15(17)23/h4-10H,11,24H2,1-3H3,(H,25,26)(H,27,28). The van der Waals surface area contributed by atoms with Gasteiger partial charge in [-0.2, -0.15) is 0 Å². The molecule has 0 atom stereocenters. The maximum absolute atomic E-state index is 12.8. The molecular weight excluding hydrogens is 395 g/mol. The Morgan fingerprint density at radius 3 is 2.43 bits per heavy atom. The van der Waals surface area contributed by atoms with Gasteiger partial charge in [0.05, 0.1) is 26.8 Å². The van der Waals surface area contributed by atoms with Gasteiger partial charge in [-0.15, -0.1) is 0 Å². The summed E-state index contributed by atoms with van der Waals surface area (Å²) in [6.07, 6.45) is 1.77. The molecule has 5 nitrogen and oxygen atoms in total. The third-order valence-electron chi connectivity index (χ3n) is 4.25. The van der Waals surface area contributed by atoms with Gasteiger partial charge in [0.1, 0.15) is 0 Å². The van der Waals surface area contributed by atoms with Crippen LogP contribution < -0.4 is 16.4 Å². The highest BCUT2D eigenvalue weighted by Gasteiger charge is 2.18. The molecule has 0 saturated heterocycles. The number of carbonyl (C=O) groups is 1. The molecule has 2 aromatic carbocycles. The first-order chi connectivity index (χ1) is 13.2. The number of nitrogens with one attached hydrogen (secondary N) is 2. The average molecular weight is 417 g/mol. The number of hydrogen-bond acceptors (Lipinski definition) is 4. The van der Waals surface area contributed by atoms with Crippen LogP contribution in [0.15, 0.2) is 42.6 Å². The number of pyridine rings is 1. The number of anilines is 2. The van der Waals surface area contributed by atoms with Gasteiger partial charge in [0.15, 0.2) is 0 Å². The summed E-state index contributed by atoms with van der Waals surface area (Å²) in [5.41, 5.74) is 9.15.